The first-order valence-corrected chi connectivity index (χ1v) is 5.11. The fourth-order valence-corrected chi connectivity index (χ4v) is 1.62. The van der Waals surface area contributed by atoms with Crippen LogP contribution in [0.4, 0.5) is 0 Å². The summed E-state index contributed by atoms with van der Waals surface area (Å²) in [6, 6.07) is 11.1. The van der Waals surface area contributed by atoms with Gasteiger partial charge < -0.3 is 10.4 Å². The van der Waals surface area contributed by atoms with E-state index in [9.17, 15) is 9.90 Å². The van der Waals surface area contributed by atoms with Crippen molar-refractivity contribution in [1.29, 1.82) is 0 Å². The van der Waals surface area contributed by atoms with E-state index < -0.39 is 0 Å². The molecule has 0 radical (unpaired) electrons. The van der Waals surface area contributed by atoms with E-state index >= 15 is 0 Å². The Kier molecular flexibility index (Phi) is 2.77. The molecular weight excluding hydrogens is 202 g/mol. The molecule has 16 heavy (non-hydrogen) atoms. The highest BCUT2D eigenvalue weighted by molar-refractivity contribution is 5.84. The Labute approximate surface area is 93.7 Å². The quantitative estimate of drug-likeness (QED) is 0.806. The van der Waals surface area contributed by atoms with E-state index in [2.05, 4.69) is 5.32 Å². The second kappa shape index (κ2) is 4.23. The first-order chi connectivity index (χ1) is 7.65. The molecule has 82 valence electrons. The topological polar surface area (TPSA) is 49.3 Å². The van der Waals surface area contributed by atoms with Crippen LogP contribution in [0, 0.1) is 0 Å². The second-order valence-electron chi connectivity index (χ2n) is 3.78. The third kappa shape index (κ3) is 2.31. The third-order valence-electron chi connectivity index (χ3n) is 2.43. The Morgan fingerprint density at radius 2 is 1.88 bits per heavy atom. The van der Waals surface area contributed by atoms with Crippen LogP contribution < -0.4 is 5.32 Å². The number of benzene rings is 2. The molecule has 0 fully saturated rings. The molecule has 0 aliphatic heterocycles. The monoisotopic (exact) mass is 215 g/mol. The Bertz CT molecular complexity index is 534. The van der Waals surface area contributed by atoms with Crippen LogP contribution in [-0.2, 0) is 11.3 Å². The number of nitrogens with one attached hydrogen (secondary N) is 1. The van der Waals surface area contributed by atoms with Crippen LogP contribution in [0.2, 0.25) is 0 Å². The number of aromatic hydroxyl groups is 1. The molecule has 3 heteroatoms. The summed E-state index contributed by atoms with van der Waals surface area (Å²) in [6.45, 7) is 2.03. The number of carbonyl (C=O) groups is 1. The lowest BCUT2D eigenvalue weighted by Gasteiger charge is -2.04. The van der Waals surface area contributed by atoms with Crippen molar-refractivity contribution in [2.45, 2.75) is 13.5 Å². The van der Waals surface area contributed by atoms with Gasteiger partial charge in [0.2, 0.25) is 5.91 Å². The number of hydrogen-bond donors (Lipinski definition) is 2. The summed E-state index contributed by atoms with van der Waals surface area (Å²) in [5.41, 5.74) is 1.05. The van der Waals surface area contributed by atoms with Gasteiger partial charge >= 0.3 is 0 Å². The average Bonchev–Trinajstić information content (AvgIpc) is 2.26. The van der Waals surface area contributed by atoms with Crippen molar-refractivity contribution in [1.82, 2.24) is 5.32 Å². The SMILES string of the molecule is CC(=O)NCc1ccc2cc(O)ccc2c1. The number of carbonyl (C=O) groups excluding carboxylic acids is 1. The minimum absolute atomic E-state index is 0.0363. The molecule has 2 rings (SSSR count). The number of phenolic OH excluding ortho intramolecular Hbond substituents is 1. The van der Waals surface area contributed by atoms with E-state index in [0.29, 0.717) is 6.54 Å². The van der Waals surface area contributed by atoms with Gasteiger partial charge in [0.15, 0.2) is 0 Å². The standard InChI is InChI=1S/C13H13NO2/c1-9(15)14-8-10-2-3-12-7-13(16)5-4-11(12)6-10/h2-7,16H,8H2,1H3,(H,14,15). The van der Waals surface area contributed by atoms with E-state index in [0.717, 1.165) is 16.3 Å². The van der Waals surface area contributed by atoms with Crippen molar-refractivity contribution in [3.8, 4) is 5.75 Å². The molecule has 0 spiro atoms. The summed E-state index contributed by atoms with van der Waals surface area (Å²) in [7, 11) is 0. The summed E-state index contributed by atoms with van der Waals surface area (Å²) in [4.78, 5) is 10.8. The average molecular weight is 215 g/mol. The van der Waals surface area contributed by atoms with E-state index in [-0.39, 0.29) is 11.7 Å². The molecule has 0 heterocycles. The van der Waals surface area contributed by atoms with Gasteiger partial charge in [-0.05, 0) is 34.5 Å². The lowest BCUT2D eigenvalue weighted by molar-refractivity contribution is -0.119. The molecular formula is C13H13NO2. The minimum Gasteiger partial charge on any atom is -0.508 e. The molecule has 2 N–H and O–H groups in total. The highest BCUT2D eigenvalue weighted by Gasteiger charge is 1.98. The zero-order valence-electron chi connectivity index (χ0n) is 9.03. The molecule has 2 aromatic rings. The number of amides is 1. The fourth-order valence-electron chi connectivity index (χ4n) is 1.62. The van der Waals surface area contributed by atoms with Gasteiger partial charge in [-0.15, -0.1) is 0 Å². The zero-order chi connectivity index (χ0) is 11.5. The van der Waals surface area contributed by atoms with Gasteiger partial charge in [-0.3, -0.25) is 4.79 Å². The third-order valence-corrected chi connectivity index (χ3v) is 2.43. The number of phenols is 1. The highest BCUT2D eigenvalue weighted by Crippen LogP contribution is 2.20. The minimum atomic E-state index is -0.0363. The first-order valence-electron chi connectivity index (χ1n) is 5.11. The van der Waals surface area contributed by atoms with E-state index in [1.807, 2.05) is 24.3 Å². The first kappa shape index (κ1) is 10.5. The van der Waals surface area contributed by atoms with E-state index in [1.54, 1.807) is 12.1 Å². The Morgan fingerprint density at radius 1 is 1.19 bits per heavy atom. The summed E-state index contributed by atoms with van der Waals surface area (Å²) in [5, 5.41) is 14.1. The number of hydrogen-bond acceptors (Lipinski definition) is 2. The Hall–Kier alpha value is -2.03. The van der Waals surface area contributed by atoms with Crippen molar-refractivity contribution >= 4 is 16.7 Å². The Morgan fingerprint density at radius 3 is 2.62 bits per heavy atom. The van der Waals surface area contributed by atoms with E-state index in [1.165, 1.54) is 6.92 Å². The van der Waals surface area contributed by atoms with Crippen LogP contribution >= 0.6 is 0 Å². The summed E-state index contributed by atoms with van der Waals surface area (Å²) < 4.78 is 0. The molecule has 0 aromatic heterocycles. The van der Waals surface area contributed by atoms with Crippen LogP contribution in [0.1, 0.15) is 12.5 Å². The van der Waals surface area contributed by atoms with Gasteiger partial charge in [0.25, 0.3) is 0 Å². The van der Waals surface area contributed by atoms with Gasteiger partial charge in [0.1, 0.15) is 5.75 Å². The molecule has 2 aromatic carbocycles. The molecule has 0 bridgehead atoms. The van der Waals surface area contributed by atoms with Gasteiger partial charge in [0, 0.05) is 13.5 Å². The largest absolute Gasteiger partial charge is 0.508 e. The van der Waals surface area contributed by atoms with Crippen LogP contribution in [0.15, 0.2) is 36.4 Å². The molecule has 0 saturated heterocycles. The van der Waals surface area contributed by atoms with Crippen LogP contribution in [0.25, 0.3) is 10.8 Å². The molecule has 0 unspecified atom stereocenters. The number of fused-ring (bicyclic) bond motifs is 1. The highest BCUT2D eigenvalue weighted by atomic mass is 16.3. The van der Waals surface area contributed by atoms with Crippen LogP contribution in [0.3, 0.4) is 0 Å². The molecule has 0 atom stereocenters. The second-order valence-corrected chi connectivity index (χ2v) is 3.78. The van der Waals surface area contributed by atoms with Gasteiger partial charge in [-0.2, -0.15) is 0 Å². The Balaban J connectivity index is 2.30. The predicted octanol–water partition coefficient (Wildman–Crippen LogP) is 2.18. The smallest absolute Gasteiger partial charge is 0.217 e. The van der Waals surface area contributed by atoms with Crippen molar-refractivity contribution in [3.05, 3.63) is 42.0 Å². The van der Waals surface area contributed by atoms with Crippen molar-refractivity contribution in [2.75, 3.05) is 0 Å². The van der Waals surface area contributed by atoms with Crippen molar-refractivity contribution in [2.24, 2.45) is 0 Å². The maximum absolute atomic E-state index is 10.8. The van der Waals surface area contributed by atoms with Crippen LogP contribution in [-0.4, -0.2) is 11.0 Å². The van der Waals surface area contributed by atoms with Gasteiger partial charge in [0.05, 0.1) is 0 Å². The molecule has 0 aliphatic carbocycles. The normalized spacial score (nSPS) is 10.3. The van der Waals surface area contributed by atoms with Crippen molar-refractivity contribution < 1.29 is 9.90 Å². The zero-order valence-corrected chi connectivity index (χ0v) is 9.03. The molecule has 1 amide bonds. The van der Waals surface area contributed by atoms with Gasteiger partial charge in [-0.1, -0.05) is 18.2 Å². The lowest BCUT2D eigenvalue weighted by Crippen LogP contribution is -2.18. The molecule has 0 saturated carbocycles. The lowest BCUT2D eigenvalue weighted by atomic mass is 10.1. The van der Waals surface area contributed by atoms with Crippen LogP contribution in [0.5, 0.6) is 5.75 Å². The predicted molar refractivity (Wildman–Crippen MR) is 63.1 cm³/mol. The maximum atomic E-state index is 10.8. The fraction of sp³-hybridized carbons (Fsp3) is 0.154. The maximum Gasteiger partial charge on any atom is 0.217 e. The number of rotatable bonds is 2. The van der Waals surface area contributed by atoms with Gasteiger partial charge in [-0.25, -0.2) is 0 Å². The summed E-state index contributed by atoms with van der Waals surface area (Å²) in [6.07, 6.45) is 0. The molecule has 3 nitrogen and oxygen atoms in total. The summed E-state index contributed by atoms with van der Waals surface area (Å²) >= 11 is 0. The van der Waals surface area contributed by atoms with Crippen molar-refractivity contribution in [3.63, 3.8) is 0 Å². The molecule has 0 aliphatic rings. The summed E-state index contributed by atoms with van der Waals surface area (Å²) in [5.74, 6) is 0.230. The van der Waals surface area contributed by atoms with E-state index in [4.69, 9.17) is 0 Å².